The molecular weight excluding hydrogens is 574 g/mol. The molecule has 11 heteroatoms. The van der Waals surface area contributed by atoms with Gasteiger partial charge in [0.15, 0.2) is 11.6 Å². The second-order valence-electron chi connectivity index (χ2n) is 10.8. The topological polar surface area (TPSA) is 116 Å². The molecule has 0 saturated carbocycles. The van der Waals surface area contributed by atoms with Crippen LogP contribution in [-0.2, 0) is 0 Å². The third-order valence-electron chi connectivity index (χ3n) is 8.09. The molecule has 6 heterocycles. The van der Waals surface area contributed by atoms with Crippen molar-refractivity contribution in [1.29, 1.82) is 0 Å². The quantitative estimate of drug-likeness (QED) is 0.163. The highest BCUT2D eigenvalue weighted by Gasteiger charge is 2.33. The van der Waals surface area contributed by atoms with E-state index >= 15 is 4.39 Å². The van der Waals surface area contributed by atoms with Crippen LogP contribution in [0.2, 0.25) is 0 Å². The zero-order chi connectivity index (χ0) is 30.1. The molecule has 0 saturated heterocycles. The summed E-state index contributed by atoms with van der Waals surface area (Å²) in [5.74, 6) is 1.16. The van der Waals surface area contributed by atoms with Crippen molar-refractivity contribution in [3.63, 3.8) is 0 Å². The fourth-order valence-corrected chi connectivity index (χ4v) is 5.92. The van der Waals surface area contributed by atoms with Crippen molar-refractivity contribution in [2.45, 2.75) is 6.23 Å². The lowest BCUT2D eigenvalue weighted by atomic mass is 10.0. The molecule has 0 aliphatic carbocycles. The molecule has 0 spiro atoms. The fraction of sp³-hybridized carbons (Fsp3) is 0.0294. The van der Waals surface area contributed by atoms with Gasteiger partial charge in [-0.05, 0) is 60.7 Å². The first-order chi connectivity index (χ1) is 22.1. The number of hydrogen-bond acceptors (Lipinski definition) is 4. The molecule has 218 valence electrons. The molecule has 0 fully saturated rings. The van der Waals surface area contributed by atoms with Gasteiger partial charge in [0, 0.05) is 35.2 Å². The van der Waals surface area contributed by atoms with Crippen molar-refractivity contribution >= 4 is 11.0 Å². The van der Waals surface area contributed by atoms with Gasteiger partial charge in [-0.15, -0.1) is 0 Å². The largest absolute Gasteiger partial charge is 0.465 e. The highest BCUT2D eigenvalue weighted by molar-refractivity contribution is 5.85. The SMILES string of the molecule is Fc1ccc([C@@H]2Oc3cc(-c4cnc(-c5ccc[nH]5)[nH]4)ccc3-c3ncc(-c4ccc5nc(-c6ccc[nH]6)[nH]c5c4)n32)c(F)c1. The van der Waals surface area contributed by atoms with Crippen molar-refractivity contribution in [2.24, 2.45) is 0 Å². The van der Waals surface area contributed by atoms with Gasteiger partial charge >= 0.3 is 0 Å². The van der Waals surface area contributed by atoms with Crippen molar-refractivity contribution in [2.75, 3.05) is 0 Å². The smallest absolute Gasteiger partial charge is 0.207 e. The molecule has 5 aromatic heterocycles. The van der Waals surface area contributed by atoms with Gasteiger partial charge in [-0.2, -0.15) is 0 Å². The molecule has 0 radical (unpaired) electrons. The van der Waals surface area contributed by atoms with Crippen LogP contribution in [-0.4, -0.2) is 39.5 Å². The summed E-state index contributed by atoms with van der Waals surface area (Å²) < 4.78 is 37.8. The predicted octanol–water partition coefficient (Wildman–Crippen LogP) is 7.69. The third-order valence-corrected chi connectivity index (χ3v) is 8.09. The number of aromatic amines is 4. The van der Waals surface area contributed by atoms with Crippen LogP contribution in [0.1, 0.15) is 11.8 Å². The van der Waals surface area contributed by atoms with Gasteiger partial charge in [-0.3, -0.25) is 4.57 Å². The zero-order valence-corrected chi connectivity index (χ0v) is 23.3. The number of H-pyrrole nitrogens is 4. The summed E-state index contributed by atoms with van der Waals surface area (Å²) in [7, 11) is 0. The first-order valence-corrected chi connectivity index (χ1v) is 14.3. The maximum Gasteiger partial charge on any atom is 0.207 e. The second kappa shape index (κ2) is 9.64. The molecule has 0 amide bonds. The lowest BCUT2D eigenvalue weighted by Crippen LogP contribution is -2.24. The fourth-order valence-electron chi connectivity index (χ4n) is 5.92. The van der Waals surface area contributed by atoms with E-state index in [0.29, 0.717) is 23.1 Å². The molecule has 45 heavy (non-hydrogen) atoms. The van der Waals surface area contributed by atoms with E-state index in [9.17, 15) is 4.39 Å². The summed E-state index contributed by atoms with van der Waals surface area (Å²) in [6, 6.07) is 22.8. The Bertz CT molecular complexity index is 2350. The number of nitrogens with zero attached hydrogens (tertiary/aromatic N) is 4. The van der Waals surface area contributed by atoms with E-state index in [4.69, 9.17) is 14.7 Å². The zero-order valence-electron chi connectivity index (χ0n) is 23.3. The Morgan fingerprint density at radius 3 is 2.36 bits per heavy atom. The van der Waals surface area contributed by atoms with Crippen molar-refractivity contribution < 1.29 is 13.5 Å². The minimum Gasteiger partial charge on any atom is -0.465 e. The number of fused-ring (bicyclic) bond motifs is 4. The second-order valence-corrected chi connectivity index (χ2v) is 10.8. The molecule has 9 rings (SSSR count). The maximum atomic E-state index is 15.4. The number of nitrogens with one attached hydrogen (secondary N) is 4. The summed E-state index contributed by atoms with van der Waals surface area (Å²) in [6.07, 6.45) is 6.23. The van der Waals surface area contributed by atoms with Gasteiger partial charge in [0.1, 0.15) is 23.2 Å². The molecule has 1 aliphatic heterocycles. The molecular formula is C34H22F2N8O. The highest BCUT2D eigenvalue weighted by Crippen LogP contribution is 2.45. The monoisotopic (exact) mass is 596 g/mol. The number of imidazole rings is 3. The maximum absolute atomic E-state index is 15.4. The normalized spacial score (nSPS) is 14.0. The Morgan fingerprint density at radius 1 is 0.733 bits per heavy atom. The van der Waals surface area contributed by atoms with E-state index in [1.807, 2.05) is 77.6 Å². The summed E-state index contributed by atoms with van der Waals surface area (Å²) in [5, 5.41) is 0. The standard InChI is InChI=1S/C34H22F2N8O/c35-20-7-9-21(23(36)15-20)34-44-29(19-6-10-24-27(13-19)42-32(41-24)26-4-2-12-38-26)17-40-33(44)22-8-5-18(14-30(22)45-34)28-16-39-31(43-28)25-3-1-11-37-25/h1-17,34,37-38H,(H,39,43)(H,41,42)/t34-/m0/s1. The van der Waals surface area contributed by atoms with Crippen LogP contribution in [0.15, 0.2) is 104 Å². The Kier molecular flexibility index (Phi) is 5.42. The van der Waals surface area contributed by atoms with Gasteiger partial charge in [0.05, 0.1) is 51.8 Å². The van der Waals surface area contributed by atoms with Crippen molar-refractivity contribution in [3.8, 4) is 62.7 Å². The molecule has 1 atom stereocenters. The lowest BCUT2D eigenvalue weighted by Gasteiger charge is -2.30. The van der Waals surface area contributed by atoms with Crippen LogP contribution >= 0.6 is 0 Å². The van der Waals surface area contributed by atoms with Crippen LogP contribution in [0.5, 0.6) is 5.75 Å². The minimum absolute atomic E-state index is 0.181. The number of hydrogen-bond donors (Lipinski definition) is 4. The number of benzene rings is 3. The van der Waals surface area contributed by atoms with Crippen LogP contribution in [0.4, 0.5) is 8.78 Å². The molecule has 0 bridgehead atoms. The van der Waals surface area contributed by atoms with E-state index in [1.54, 1.807) is 12.4 Å². The van der Waals surface area contributed by atoms with Crippen LogP contribution < -0.4 is 4.74 Å². The van der Waals surface area contributed by atoms with Crippen LogP contribution in [0.3, 0.4) is 0 Å². The number of ether oxygens (including phenoxy) is 1. The summed E-state index contributed by atoms with van der Waals surface area (Å²) in [6.45, 7) is 0. The van der Waals surface area contributed by atoms with Gasteiger partial charge in [-0.1, -0.05) is 12.1 Å². The van der Waals surface area contributed by atoms with Crippen molar-refractivity contribution in [1.82, 2.24) is 39.5 Å². The molecule has 8 aromatic rings. The molecule has 4 N–H and O–H groups in total. The number of aromatic nitrogens is 8. The average molecular weight is 597 g/mol. The molecule has 9 nitrogen and oxygen atoms in total. The summed E-state index contributed by atoms with van der Waals surface area (Å²) in [5.41, 5.74) is 7.45. The highest BCUT2D eigenvalue weighted by atomic mass is 19.1. The van der Waals surface area contributed by atoms with E-state index in [1.165, 1.54) is 12.1 Å². The van der Waals surface area contributed by atoms with E-state index < -0.39 is 17.9 Å². The van der Waals surface area contributed by atoms with Crippen molar-refractivity contribution in [3.05, 3.63) is 121 Å². The minimum atomic E-state index is -0.955. The van der Waals surface area contributed by atoms with Crippen LogP contribution in [0.25, 0.3) is 68.0 Å². The van der Waals surface area contributed by atoms with Gasteiger partial charge < -0.3 is 24.7 Å². The first kappa shape index (κ1) is 25.3. The van der Waals surface area contributed by atoms with E-state index in [-0.39, 0.29) is 5.56 Å². The van der Waals surface area contributed by atoms with Crippen LogP contribution in [0, 0.1) is 11.6 Å². The third kappa shape index (κ3) is 4.08. The first-order valence-electron chi connectivity index (χ1n) is 14.3. The average Bonchev–Trinajstić information content (AvgIpc) is 3.89. The summed E-state index contributed by atoms with van der Waals surface area (Å²) >= 11 is 0. The van der Waals surface area contributed by atoms with E-state index in [2.05, 4.69) is 24.9 Å². The van der Waals surface area contributed by atoms with Gasteiger partial charge in [0.25, 0.3) is 0 Å². The number of rotatable bonds is 5. The van der Waals surface area contributed by atoms with Gasteiger partial charge in [-0.25, -0.2) is 23.7 Å². The van der Waals surface area contributed by atoms with Gasteiger partial charge in [0.2, 0.25) is 6.23 Å². The Labute approximate surface area is 253 Å². The predicted molar refractivity (Wildman–Crippen MR) is 165 cm³/mol. The number of halogens is 2. The molecule has 0 unspecified atom stereocenters. The Hall–Kier alpha value is -6.23. The Morgan fingerprint density at radius 2 is 1.56 bits per heavy atom. The molecule has 1 aliphatic rings. The summed E-state index contributed by atoms with van der Waals surface area (Å²) in [4.78, 5) is 27.0. The van der Waals surface area contributed by atoms with E-state index in [0.717, 1.165) is 56.7 Å². The lowest BCUT2D eigenvalue weighted by molar-refractivity contribution is 0.165. The molecule has 3 aromatic carbocycles. The Balaban J connectivity index is 1.17.